The Kier molecular flexibility index (Phi) is 5.60. The summed E-state index contributed by atoms with van der Waals surface area (Å²) in [6.07, 6.45) is 5.04. The van der Waals surface area contributed by atoms with E-state index in [1.807, 2.05) is 36.4 Å². The molecule has 1 fully saturated rings. The number of H-pyrrole nitrogens is 1. The van der Waals surface area contributed by atoms with Gasteiger partial charge in [0.15, 0.2) is 5.78 Å². The van der Waals surface area contributed by atoms with Crippen LogP contribution in [-0.2, 0) is 0 Å². The summed E-state index contributed by atoms with van der Waals surface area (Å²) < 4.78 is 5.22. The number of hydrogen-bond donors (Lipinski definition) is 4. The lowest BCUT2D eigenvalue weighted by molar-refractivity contribution is 0.104. The fourth-order valence-electron chi connectivity index (χ4n) is 4.79. The first-order valence-corrected chi connectivity index (χ1v) is 11.3. The molecule has 2 amide bonds. The number of nitrogens with zero attached hydrogens (tertiary/aromatic N) is 1. The number of carbonyl (C=O) groups excluding carboxylic acids is 2. The van der Waals surface area contributed by atoms with Crippen LogP contribution < -0.4 is 21.1 Å². The number of carbonyl (C=O) groups is 2. The van der Waals surface area contributed by atoms with Crippen LogP contribution in [-0.4, -0.2) is 41.2 Å². The first kappa shape index (κ1) is 21.2. The number of rotatable bonds is 4. The van der Waals surface area contributed by atoms with Gasteiger partial charge < -0.3 is 21.1 Å². The second kappa shape index (κ2) is 8.71. The minimum absolute atomic E-state index is 0.0562. The van der Waals surface area contributed by atoms with Gasteiger partial charge in [-0.15, -0.1) is 0 Å². The van der Waals surface area contributed by atoms with Crippen molar-refractivity contribution >= 4 is 17.5 Å². The number of urea groups is 1. The zero-order valence-corrected chi connectivity index (χ0v) is 18.5. The molecule has 2 aliphatic carbocycles. The number of fused-ring (bicyclic) bond motifs is 3. The molecule has 8 nitrogen and oxygen atoms in total. The Morgan fingerprint density at radius 3 is 2.67 bits per heavy atom. The standard InChI is InChI=1S/C25H27N5O3/c1-33-15-12-10-14(11-13-15)22-21-23(30-29-22)16-6-5-9-19(20(16)24(21)31)28-25(32)27-18-8-4-2-3-7-17(18)26/h5-6,9-13,17-18H,2-4,7-8,26H2,1H3,(H,29,30)(H2,27,28,32). The van der Waals surface area contributed by atoms with Crippen molar-refractivity contribution in [2.45, 2.75) is 44.2 Å². The quantitative estimate of drug-likeness (QED) is 0.353. The fraction of sp³-hybridized carbons (Fsp3) is 0.320. The number of amides is 2. The second-order valence-corrected chi connectivity index (χ2v) is 8.61. The highest BCUT2D eigenvalue weighted by Gasteiger charge is 2.35. The average molecular weight is 446 g/mol. The van der Waals surface area contributed by atoms with Crippen molar-refractivity contribution in [3.8, 4) is 28.3 Å². The van der Waals surface area contributed by atoms with Crippen molar-refractivity contribution in [3.63, 3.8) is 0 Å². The maximum absolute atomic E-state index is 13.5. The number of benzene rings is 2. The molecule has 0 radical (unpaired) electrons. The molecule has 2 unspecified atom stereocenters. The van der Waals surface area contributed by atoms with Crippen molar-refractivity contribution < 1.29 is 14.3 Å². The molecular formula is C25H27N5O3. The molecule has 2 aromatic carbocycles. The van der Waals surface area contributed by atoms with E-state index in [0.29, 0.717) is 28.2 Å². The molecule has 8 heteroatoms. The number of anilines is 1. The lowest BCUT2D eigenvalue weighted by Gasteiger charge is -2.23. The van der Waals surface area contributed by atoms with E-state index in [0.717, 1.165) is 49.0 Å². The first-order chi connectivity index (χ1) is 16.1. The zero-order valence-electron chi connectivity index (χ0n) is 18.5. The van der Waals surface area contributed by atoms with E-state index in [9.17, 15) is 9.59 Å². The molecule has 0 saturated heterocycles. The third kappa shape index (κ3) is 3.87. The van der Waals surface area contributed by atoms with Crippen LogP contribution in [0.1, 0.15) is 48.0 Å². The summed E-state index contributed by atoms with van der Waals surface area (Å²) in [6.45, 7) is 0. The van der Waals surface area contributed by atoms with Gasteiger partial charge in [-0.1, -0.05) is 31.4 Å². The number of ketones is 1. The summed E-state index contributed by atoms with van der Waals surface area (Å²) in [4.78, 5) is 26.3. The third-order valence-electron chi connectivity index (χ3n) is 6.55. The highest BCUT2D eigenvalue weighted by molar-refractivity contribution is 6.26. The van der Waals surface area contributed by atoms with Crippen LogP contribution in [0.4, 0.5) is 10.5 Å². The van der Waals surface area contributed by atoms with E-state index in [1.54, 1.807) is 13.2 Å². The maximum atomic E-state index is 13.5. The van der Waals surface area contributed by atoms with Gasteiger partial charge in [-0.3, -0.25) is 9.89 Å². The SMILES string of the molecule is COc1ccc(-c2n[nH]c3c2C(=O)c2c(NC(=O)NC4CCCCCC4N)cccc2-3)cc1. The summed E-state index contributed by atoms with van der Waals surface area (Å²) in [5.74, 6) is 0.563. The number of nitrogens with one attached hydrogen (secondary N) is 3. The van der Waals surface area contributed by atoms with Crippen LogP contribution >= 0.6 is 0 Å². The number of ether oxygens (including phenoxy) is 1. The maximum Gasteiger partial charge on any atom is 0.319 e. The Morgan fingerprint density at radius 1 is 1.09 bits per heavy atom. The lowest BCUT2D eigenvalue weighted by atomic mass is 10.0. The number of hydrogen-bond acceptors (Lipinski definition) is 5. The molecule has 0 spiro atoms. The minimum atomic E-state index is -0.345. The van der Waals surface area contributed by atoms with E-state index >= 15 is 0 Å². The summed E-state index contributed by atoms with van der Waals surface area (Å²) >= 11 is 0. The van der Waals surface area contributed by atoms with Gasteiger partial charge in [-0.2, -0.15) is 5.10 Å². The molecule has 2 atom stereocenters. The normalized spacial score (nSPS) is 19.4. The highest BCUT2D eigenvalue weighted by Crippen LogP contribution is 2.43. The van der Waals surface area contributed by atoms with E-state index in [-0.39, 0.29) is 23.9 Å². The Hall–Kier alpha value is -3.65. The summed E-state index contributed by atoms with van der Waals surface area (Å²) in [5.41, 5.74) is 10.5. The topological polar surface area (TPSA) is 122 Å². The fourth-order valence-corrected chi connectivity index (χ4v) is 4.79. The number of methoxy groups -OCH3 is 1. The minimum Gasteiger partial charge on any atom is -0.497 e. The molecule has 5 N–H and O–H groups in total. The van der Waals surface area contributed by atoms with Crippen LogP contribution in [0.5, 0.6) is 5.75 Å². The molecule has 1 saturated carbocycles. The second-order valence-electron chi connectivity index (χ2n) is 8.61. The van der Waals surface area contributed by atoms with Gasteiger partial charge in [-0.25, -0.2) is 4.79 Å². The average Bonchev–Trinajstić information content (AvgIpc) is 3.31. The molecule has 0 aliphatic heterocycles. The molecule has 1 aromatic heterocycles. The van der Waals surface area contributed by atoms with Gasteiger partial charge in [0.2, 0.25) is 0 Å². The van der Waals surface area contributed by atoms with Crippen molar-refractivity contribution in [2.24, 2.45) is 5.73 Å². The van der Waals surface area contributed by atoms with Crippen molar-refractivity contribution in [1.29, 1.82) is 0 Å². The van der Waals surface area contributed by atoms with Crippen LogP contribution in [0, 0.1) is 0 Å². The Balaban J connectivity index is 1.40. The largest absolute Gasteiger partial charge is 0.497 e. The predicted octanol–water partition coefficient (Wildman–Crippen LogP) is 4.08. The number of aromatic amines is 1. The molecule has 1 heterocycles. The van der Waals surface area contributed by atoms with Gasteiger partial charge in [0, 0.05) is 23.2 Å². The molecular weight excluding hydrogens is 418 g/mol. The van der Waals surface area contributed by atoms with Crippen LogP contribution in [0.25, 0.3) is 22.5 Å². The third-order valence-corrected chi connectivity index (χ3v) is 6.55. The summed E-state index contributed by atoms with van der Waals surface area (Å²) in [7, 11) is 1.61. The Morgan fingerprint density at radius 2 is 1.88 bits per heavy atom. The van der Waals surface area contributed by atoms with Gasteiger partial charge in [0.1, 0.15) is 11.4 Å². The van der Waals surface area contributed by atoms with E-state index in [1.165, 1.54) is 0 Å². The molecule has 3 aromatic rings. The smallest absolute Gasteiger partial charge is 0.319 e. The van der Waals surface area contributed by atoms with Gasteiger partial charge in [0.05, 0.1) is 29.6 Å². The van der Waals surface area contributed by atoms with Gasteiger partial charge >= 0.3 is 6.03 Å². The molecule has 5 rings (SSSR count). The zero-order chi connectivity index (χ0) is 22.9. The van der Waals surface area contributed by atoms with Crippen LogP contribution in [0.15, 0.2) is 42.5 Å². The summed E-state index contributed by atoms with van der Waals surface area (Å²) in [5, 5.41) is 13.3. The van der Waals surface area contributed by atoms with E-state index in [2.05, 4.69) is 20.8 Å². The Labute approximate surface area is 191 Å². The lowest BCUT2D eigenvalue weighted by Crippen LogP contribution is -2.48. The monoisotopic (exact) mass is 445 g/mol. The van der Waals surface area contributed by atoms with E-state index in [4.69, 9.17) is 10.5 Å². The number of nitrogens with two attached hydrogens (primary N) is 1. The van der Waals surface area contributed by atoms with Crippen molar-refractivity contribution in [3.05, 3.63) is 53.6 Å². The molecule has 2 aliphatic rings. The molecule has 170 valence electrons. The Bertz CT molecular complexity index is 1200. The molecule has 33 heavy (non-hydrogen) atoms. The van der Waals surface area contributed by atoms with Gasteiger partial charge in [-0.05, 0) is 43.2 Å². The summed E-state index contributed by atoms with van der Waals surface area (Å²) in [6, 6.07) is 12.4. The number of aromatic nitrogens is 2. The van der Waals surface area contributed by atoms with Crippen molar-refractivity contribution in [1.82, 2.24) is 15.5 Å². The van der Waals surface area contributed by atoms with Crippen LogP contribution in [0.3, 0.4) is 0 Å². The highest BCUT2D eigenvalue weighted by atomic mass is 16.5. The van der Waals surface area contributed by atoms with Crippen molar-refractivity contribution in [2.75, 3.05) is 12.4 Å². The first-order valence-electron chi connectivity index (χ1n) is 11.3. The van der Waals surface area contributed by atoms with Gasteiger partial charge in [0.25, 0.3) is 0 Å². The van der Waals surface area contributed by atoms with E-state index < -0.39 is 0 Å². The predicted molar refractivity (Wildman–Crippen MR) is 126 cm³/mol. The molecule has 0 bridgehead atoms. The van der Waals surface area contributed by atoms with Crippen LogP contribution in [0.2, 0.25) is 0 Å².